The number of hydrogen-bond donors (Lipinski definition) is 1. The molecular weight excluding hydrogens is 370 g/mol. The molecule has 0 atom stereocenters. The Morgan fingerprint density at radius 3 is 2.48 bits per heavy atom. The maximum absolute atomic E-state index is 12.1. The molecule has 1 N–H and O–H groups in total. The SMILES string of the molecule is COc1ccc(OCCNC(=O)CN(Cc2cccnc2)S(C)(=O)=O)cc1. The fraction of sp³-hybridized carbons (Fsp3) is 0.333. The largest absolute Gasteiger partial charge is 0.497 e. The number of nitrogens with zero attached hydrogens (tertiary/aromatic N) is 2. The van der Waals surface area contributed by atoms with E-state index in [4.69, 9.17) is 9.47 Å². The van der Waals surface area contributed by atoms with E-state index in [1.807, 2.05) is 0 Å². The first-order valence-corrected chi connectivity index (χ1v) is 10.1. The van der Waals surface area contributed by atoms with Crippen LogP contribution in [0, 0.1) is 0 Å². The van der Waals surface area contributed by atoms with Gasteiger partial charge in [0.1, 0.15) is 18.1 Å². The van der Waals surface area contributed by atoms with Crippen molar-refractivity contribution < 1.29 is 22.7 Å². The van der Waals surface area contributed by atoms with Crippen molar-refractivity contribution in [1.29, 1.82) is 0 Å². The summed E-state index contributed by atoms with van der Waals surface area (Å²) in [6.45, 7) is 0.341. The Labute approximate surface area is 159 Å². The molecule has 0 aliphatic rings. The van der Waals surface area contributed by atoms with Gasteiger partial charge in [0.15, 0.2) is 0 Å². The van der Waals surface area contributed by atoms with Crippen molar-refractivity contribution in [2.45, 2.75) is 6.54 Å². The number of methoxy groups -OCH3 is 1. The van der Waals surface area contributed by atoms with Crippen molar-refractivity contribution >= 4 is 15.9 Å². The molecule has 0 aliphatic heterocycles. The van der Waals surface area contributed by atoms with Gasteiger partial charge >= 0.3 is 0 Å². The second kappa shape index (κ2) is 9.89. The molecule has 1 heterocycles. The van der Waals surface area contributed by atoms with Gasteiger partial charge in [0.2, 0.25) is 15.9 Å². The number of hydrogen-bond acceptors (Lipinski definition) is 6. The van der Waals surface area contributed by atoms with Crippen LogP contribution in [0.2, 0.25) is 0 Å². The van der Waals surface area contributed by atoms with Crippen LogP contribution in [0.15, 0.2) is 48.8 Å². The van der Waals surface area contributed by atoms with Crippen LogP contribution < -0.4 is 14.8 Å². The summed E-state index contributed by atoms with van der Waals surface area (Å²) < 4.78 is 35.5. The molecule has 0 unspecified atom stereocenters. The molecule has 0 saturated carbocycles. The molecule has 0 spiro atoms. The lowest BCUT2D eigenvalue weighted by Crippen LogP contribution is -2.40. The number of aromatic nitrogens is 1. The number of benzene rings is 1. The summed E-state index contributed by atoms with van der Waals surface area (Å²) in [5.74, 6) is 0.979. The molecular formula is C18H23N3O5S. The monoisotopic (exact) mass is 393 g/mol. The Bertz CT molecular complexity index is 826. The van der Waals surface area contributed by atoms with Gasteiger partial charge in [-0.3, -0.25) is 9.78 Å². The molecule has 146 valence electrons. The smallest absolute Gasteiger partial charge is 0.235 e. The summed E-state index contributed by atoms with van der Waals surface area (Å²) in [5.41, 5.74) is 0.707. The lowest BCUT2D eigenvalue weighted by Gasteiger charge is -2.19. The predicted octanol–water partition coefficient (Wildman–Crippen LogP) is 1.05. The summed E-state index contributed by atoms with van der Waals surface area (Å²) in [6.07, 6.45) is 4.24. The number of nitrogens with one attached hydrogen (secondary N) is 1. The van der Waals surface area contributed by atoms with Gasteiger partial charge in [0.25, 0.3) is 0 Å². The highest BCUT2D eigenvalue weighted by Crippen LogP contribution is 2.16. The first-order chi connectivity index (χ1) is 12.9. The highest BCUT2D eigenvalue weighted by atomic mass is 32.2. The maximum Gasteiger partial charge on any atom is 0.235 e. The molecule has 9 heteroatoms. The average molecular weight is 393 g/mol. The zero-order chi connectivity index (χ0) is 19.7. The Hall–Kier alpha value is -2.65. The van der Waals surface area contributed by atoms with Crippen molar-refractivity contribution in [2.75, 3.05) is 33.1 Å². The Kier molecular flexibility index (Phi) is 7.56. The number of carbonyl (C=O) groups excluding carboxylic acids is 1. The summed E-state index contributed by atoms with van der Waals surface area (Å²) >= 11 is 0. The van der Waals surface area contributed by atoms with E-state index in [-0.39, 0.29) is 26.2 Å². The number of carbonyl (C=O) groups is 1. The Balaban J connectivity index is 1.79. The molecule has 0 bridgehead atoms. The van der Waals surface area contributed by atoms with Gasteiger partial charge in [-0.2, -0.15) is 4.31 Å². The van der Waals surface area contributed by atoms with Crippen molar-refractivity contribution in [3.63, 3.8) is 0 Å². The minimum Gasteiger partial charge on any atom is -0.497 e. The number of ether oxygens (including phenoxy) is 2. The van der Waals surface area contributed by atoms with E-state index in [1.54, 1.807) is 55.9 Å². The molecule has 1 amide bonds. The van der Waals surface area contributed by atoms with E-state index in [0.717, 1.165) is 16.3 Å². The number of pyridine rings is 1. The van der Waals surface area contributed by atoms with Gasteiger partial charge < -0.3 is 14.8 Å². The quantitative estimate of drug-likeness (QED) is 0.606. The van der Waals surface area contributed by atoms with Crippen LogP contribution >= 0.6 is 0 Å². The normalized spacial score (nSPS) is 11.2. The number of sulfonamides is 1. The van der Waals surface area contributed by atoms with Crippen LogP contribution in [0.1, 0.15) is 5.56 Å². The molecule has 2 rings (SSSR count). The summed E-state index contributed by atoms with van der Waals surface area (Å²) in [5, 5.41) is 2.65. The van der Waals surface area contributed by atoms with E-state index in [9.17, 15) is 13.2 Å². The summed E-state index contributed by atoms with van der Waals surface area (Å²) in [4.78, 5) is 16.0. The molecule has 0 aliphatic carbocycles. The van der Waals surface area contributed by atoms with E-state index >= 15 is 0 Å². The second-order valence-corrected chi connectivity index (χ2v) is 7.75. The minimum absolute atomic E-state index is 0.0858. The van der Waals surface area contributed by atoms with E-state index in [1.165, 1.54) is 0 Å². The Morgan fingerprint density at radius 2 is 1.89 bits per heavy atom. The molecule has 2 aromatic rings. The molecule has 27 heavy (non-hydrogen) atoms. The lowest BCUT2D eigenvalue weighted by molar-refractivity contribution is -0.121. The minimum atomic E-state index is -3.54. The van der Waals surface area contributed by atoms with Gasteiger partial charge in [-0.15, -0.1) is 0 Å². The Morgan fingerprint density at radius 1 is 1.19 bits per heavy atom. The first-order valence-electron chi connectivity index (χ1n) is 8.26. The fourth-order valence-electron chi connectivity index (χ4n) is 2.23. The van der Waals surface area contributed by atoms with Gasteiger partial charge in [-0.1, -0.05) is 6.07 Å². The van der Waals surface area contributed by atoms with Crippen molar-refractivity contribution in [3.05, 3.63) is 54.4 Å². The van der Waals surface area contributed by atoms with Crippen LogP contribution in [0.25, 0.3) is 0 Å². The predicted molar refractivity (Wildman–Crippen MR) is 101 cm³/mol. The van der Waals surface area contributed by atoms with Crippen LogP contribution in [-0.2, 0) is 21.4 Å². The zero-order valence-electron chi connectivity index (χ0n) is 15.3. The molecule has 1 aromatic heterocycles. The second-order valence-electron chi connectivity index (χ2n) is 5.77. The maximum atomic E-state index is 12.1. The third kappa shape index (κ3) is 7.24. The molecule has 1 aromatic carbocycles. The van der Waals surface area contributed by atoms with Crippen LogP contribution in [0.3, 0.4) is 0 Å². The third-order valence-electron chi connectivity index (χ3n) is 3.62. The van der Waals surface area contributed by atoms with Crippen molar-refractivity contribution in [2.24, 2.45) is 0 Å². The van der Waals surface area contributed by atoms with Crippen LogP contribution in [-0.4, -0.2) is 56.7 Å². The van der Waals surface area contributed by atoms with Crippen molar-refractivity contribution in [1.82, 2.24) is 14.6 Å². The molecule has 0 saturated heterocycles. The van der Waals surface area contributed by atoms with Gasteiger partial charge in [-0.05, 0) is 35.9 Å². The van der Waals surface area contributed by atoms with Crippen LogP contribution in [0.5, 0.6) is 11.5 Å². The topological polar surface area (TPSA) is 97.8 Å². The summed E-state index contributed by atoms with van der Waals surface area (Å²) in [7, 11) is -1.95. The highest BCUT2D eigenvalue weighted by Gasteiger charge is 2.20. The van der Waals surface area contributed by atoms with E-state index < -0.39 is 15.9 Å². The highest BCUT2D eigenvalue weighted by molar-refractivity contribution is 7.88. The van der Waals surface area contributed by atoms with E-state index in [0.29, 0.717) is 11.3 Å². The first kappa shape index (κ1) is 20.7. The number of amides is 1. The zero-order valence-corrected chi connectivity index (χ0v) is 16.1. The average Bonchev–Trinajstić information content (AvgIpc) is 2.65. The van der Waals surface area contributed by atoms with Gasteiger partial charge in [0.05, 0.1) is 26.5 Å². The third-order valence-corrected chi connectivity index (χ3v) is 4.82. The molecule has 0 radical (unpaired) electrons. The standard InChI is InChI=1S/C18H23N3O5S/c1-25-16-5-7-17(8-6-16)26-11-10-20-18(22)14-21(27(2,23)24)13-15-4-3-9-19-12-15/h3-9,12H,10-11,13-14H2,1-2H3,(H,20,22). The molecule has 0 fully saturated rings. The van der Waals surface area contributed by atoms with Gasteiger partial charge in [0, 0.05) is 18.9 Å². The van der Waals surface area contributed by atoms with E-state index in [2.05, 4.69) is 10.3 Å². The van der Waals surface area contributed by atoms with Crippen molar-refractivity contribution in [3.8, 4) is 11.5 Å². The lowest BCUT2D eigenvalue weighted by atomic mass is 10.3. The number of rotatable bonds is 10. The fourth-order valence-corrected chi connectivity index (χ4v) is 2.97. The van der Waals surface area contributed by atoms with Crippen LogP contribution in [0.4, 0.5) is 0 Å². The summed E-state index contributed by atoms with van der Waals surface area (Å²) in [6, 6.07) is 10.5. The molecule has 8 nitrogen and oxygen atoms in total. The van der Waals surface area contributed by atoms with Gasteiger partial charge in [-0.25, -0.2) is 8.42 Å².